The monoisotopic (exact) mass is 346 g/mol. The van der Waals surface area contributed by atoms with E-state index in [9.17, 15) is 22.8 Å². The average molecular weight is 346 g/mol. The lowest BCUT2D eigenvalue weighted by Crippen LogP contribution is -2.43. The van der Waals surface area contributed by atoms with E-state index >= 15 is 0 Å². The first-order valence-electron chi connectivity index (χ1n) is 7.79. The zero-order valence-corrected chi connectivity index (χ0v) is 13.9. The van der Waals surface area contributed by atoms with E-state index < -0.39 is 35.2 Å². The lowest BCUT2D eigenvalue weighted by Gasteiger charge is -2.36. The topological polar surface area (TPSA) is 62.4 Å². The third kappa shape index (κ3) is 4.30. The zero-order chi connectivity index (χ0) is 18.1. The molecule has 8 heteroatoms. The lowest BCUT2D eigenvalue weighted by atomic mass is 9.96. The average Bonchev–Trinajstić information content (AvgIpc) is 2.44. The predicted molar refractivity (Wildman–Crippen MR) is 81.6 cm³/mol. The summed E-state index contributed by atoms with van der Waals surface area (Å²) >= 11 is 0. The van der Waals surface area contributed by atoms with Crippen LogP contribution in [0.25, 0.3) is 0 Å². The van der Waals surface area contributed by atoms with Crippen LogP contribution in [0.5, 0.6) is 0 Å². The molecule has 24 heavy (non-hydrogen) atoms. The van der Waals surface area contributed by atoms with Crippen molar-refractivity contribution in [3.05, 3.63) is 33.7 Å². The van der Waals surface area contributed by atoms with Gasteiger partial charge in [0.15, 0.2) is 0 Å². The van der Waals surface area contributed by atoms with Crippen LogP contribution in [0.15, 0.2) is 16.9 Å². The Labute approximate surface area is 137 Å². The Balaban J connectivity index is 2.31. The van der Waals surface area contributed by atoms with Gasteiger partial charge in [0.2, 0.25) is 0 Å². The molecule has 1 amide bonds. The molecule has 0 aromatic carbocycles. The van der Waals surface area contributed by atoms with Gasteiger partial charge in [0.1, 0.15) is 11.3 Å². The maximum atomic E-state index is 12.7. The molecule has 1 N–H and O–H groups in total. The highest BCUT2D eigenvalue weighted by Crippen LogP contribution is 2.32. The lowest BCUT2D eigenvalue weighted by molar-refractivity contribution is -0.141. The largest absolute Gasteiger partial charge is 0.444 e. The maximum Gasteiger partial charge on any atom is 0.431 e. The highest BCUT2D eigenvalue weighted by atomic mass is 19.4. The van der Waals surface area contributed by atoms with Crippen molar-refractivity contribution < 1.29 is 22.7 Å². The second-order valence-electron chi connectivity index (χ2n) is 6.84. The highest BCUT2D eigenvalue weighted by Gasteiger charge is 2.35. The Bertz CT molecular complexity index is 662. The van der Waals surface area contributed by atoms with Crippen molar-refractivity contribution in [2.24, 2.45) is 0 Å². The van der Waals surface area contributed by atoms with Crippen LogP contribution in [0.1, 0.15) is 57.3 Å². The summed E-state index contributed by atoms with van der Waals surface area (Å²) in [5.74, 6) is 0. The number of H-pyrrole nitrogens is 1. The Morgan fingerprint density at radius 3 is 2.46 bits per heavy atom. The van der Waals surface area contributed by atoms with Gasteiger partial charge in [-0.1, -0.05) is 0 Å². The van der Waals surface area contributed by atoms with Gasteiger partial charge in [-0.2, -0.15) is 13.2 Å². The van der Waals surface area contributed by atoms with Crippen molar-refractivity contribution in [3.63, 3.8) is 0 Å². The Hall–Kier alpha value is -1.99. The van der Waals surface area contributed by atoms with Crippen LogP contribution in [0, 0.1) is 0 Å². The Morgan fingerprint density at radius 1 is 1.25 bits per heavy atom. The number of nitrogens with one attached hydrogen (secondary N) is 1. The number of alkyl halides is 3. The molecule has 0 unspecified atom stereocenters. The standard InChI is InChI=1S/C16H21F3N2O3/c1-15(2,3)24-14(23)21-9-5-4-6-11(21)10-7-8-12(16(17,18)19)20-13(10)22/h7-8,11H,4-6,9H2,1-3H3,(H,20,22)/t11-/m1/s1. The molecule has 2 heterocycles. The molecule has 2 rings (SSSR count). The number of carbonyl (C=O) groups excluding carboxylic acids is 1. The molecule has 1 aliphatic heterocycles. The number of rotatable bonds is 1. The fourth-order valence-electron chi connectivity index (χ4n) is 2.71. The van der Waals surface area contributed by atoms with Crippen LogP contribution >= 0.6 is 0 Å². The number of halogens is 3. The summed E-state index contributed by atoms with van der Waals surface area (Å²) in [4.78, 5) is 27.7. The van der Waals surface area contributed by atoms with Gasteiger partial charge >= 0.3 is 12.3 Å². The van der Waals surface area contributed by atoms with Crippen LogP contribution in [-0.4, -0.2) is 28.1 Å². The van der Waals surface area contributed by atoms with Gasteiger partial charge in [-0.05, 0) is 52.2 Å². The highest BCUT2D eigenvalue weighted by molar-refractivity contribution is 5.69. The summed E-state index contributed by atoms with van der Waals surface area (Å²) in [6.07, 6.45) is -3.13. The molecule has 0 radical (unpaired) electrons. The molecule has 0 saturated carbocycles. The van der Waals surface area contributed by atoms with Crippen LogP contribution in [0.2, 0.25) is 0 Å². The number of pyridine rings is 1. The summed E-state index contributed by atoms with van der Waals surface area (Å²) in [6, 6.07) is 1.40. The first-order valence-corrected chi connectivity index (χ1v) is 7.79. The molecule has 0 bridgehead atoms. The van der Waals surface area contributed by atoms with Gasteiger partial charge in [0, 0.05) is 12.1 Å². The number of nitrogens with zero attached hydrogens (tertiary/aromatic N) is 1. The van der Waals surface area contributed by atoms with E-state index in [-0.39, 0.29) is 5.56 Å². The summed E-state index contributed by atoms with van der Waals surface area (Å²) in [5.41, 5.74) is -2.47. The third-order valence-corrected chi connectivity index (χ3v) is 3.74. The zero-order valence-electron chi connectivity index (χ0n) is 13.9. The number of aromatic nitrogens is 1. The third-order valence-electron chi connectivity index (χ3n) is 3.74. The minimum Gasteiger partial charge on any atom is -0.444 e. The fraction of sp³-hybridized carbons (Fsp3) is 0.625. The molecule has 0 aliphatic carbocycles. The Morgan fingerprint density at radius 2 is 1.92 bits per heavy atom. The predicted octanol–water partition coefficient (Wildman–Crippen LogP) is 3.86. The summed E-state index contributed by atoms with van der Waals surface area (Å²) in [7, 11) is 0. The molecule has 134 valence electrons. The second-order valence-corrected chi connectivity index (χ2v) is 6.84. The SMILES string of the molecule is CC(C)(C)OC(=O)N1CCCC[C@@H]1c1ccc(C(F)(F)F)[nH]c1=O. The van der Waals surface area contributed by atoms with E-state index in [4.69, 9.17) is 4.74 Å². The number of amides is 1. The number of ether oxygens (including phenoxy) is 1. The van der Waals surface area contributed by atoms with Gasteiger partial charge in [-0.25, -0.2) is 4.79 Å². The van der Waals surface area contributed by atoms with Crippen molar-refractivity contribution in [2.75, 3.05) is 6.54 Å². The summed E-state index contributed by atoms with van der Waals surface area (Å²) in [6.45, 7) is 5.60. The van der Waals surface area contributed by atoms with Gasteiger partial charge < -0.3 is 14.6 Å². The summed E-state index contributed by atoms with van der Waals surface area (Å²) in [5, 5.41) is 0. The molecular formula is C16H21F3N2O3. The smallest absolute Gasteiger partial charge is 0.431 e. The van der Waals surface area contributed by atoms with Gasteiger partial charge in [-0.3, -0.25) is 4.79 Å². The van der Waals surface area contributed by atoms with Crippen LogP contribution < -0.4 is 5.56 Å². The number of piperidine rings is 1. The molecule has 1 aliphatic rings. The van der Waals surface area contributed by atoms with Crippen LogP contribution in [-0.2, 0) is 10.9 Å². The number of carbonyl (C=O) groups is 1. The number of aromatic amines is 1. The van der Waals surface area contributed by atoms with Crippen LogP contribution in [0.3, 0.4) is 0 Å². The first kappa shape index (κ1) is 18.4. The molecule has 1 fully saturated rings. The van der Waals surface area contributed by atoms with Gasteiger partial charge in [0.25, 0.3) is 5.56 Å². The van der Waals surface area contributed by atoms with E-state index in [1.165, 1.54) is 4.90 Å². The Kier molecular flexibility index (Phi) is 4.96. The fourth-order valence-corrected chi connectivity index (χ4v) is 2.71. The van der Waals surface area contributed by atoms with Crippen molar-refractivity contribution in [1.29, 1.82) is 0 Å². The molecular weight excluding hydrogens is 325 g/mol. The quantitative estimate of drug-likeness (QED) is 0.840. The normalized spacial score (nSPS) is 19.2. The second kappa shape index (κ2) is 6.49. The minimum atomic E-state index is -4.62. The van der Waals surface area contributed by atoms with E-state index in [2.05, 4.69) is 0 Å². The molecule has 0 spiro atoms. The van der Waals surface area contributed by atoms with Crippen molar-refractivity contribution in [1.82, 2.24) is 9.88 Å². The molecule has 1 aromatic heterocycles. The van der Waals surface area contributed by atoms with E-state index in [1.807, 2.05) is 4.98 Å². The molecule has 1 aromatic rings. The molecule has 5 nitrogen and oxygen atoms in total. The van der Waals surface area contributed by atoms with E-state index in [0.717, 1.165) is 25.0 Å². The molecule has 1 atom stereocenters. The van der Waals surface area contributed by atoms with Gasteiger partial charge in [-0.15, -0.1) is 0 Å². The molecule has 1 saturated heterocycles. The first-order chi connectivity index (χ1) is 11.0. The van der Waals surface area contributed by atoms with E-state index in [1.54, 1.807) is 20.8 Å². The number of hydrogen-bond donors (Lipinski definition) is 1. The van der Waals surface area contributed by atoms with Crippen molar-refractivity contribution >= 4 is 6.09 Å². The van der Waals surface area contributed by atoms with Crippen LogP contribution in [0.4, 0.5) is 18.0 Å². The van der Waals surface area contributed by atoms with E-state index in [0.29, 0.717) is 13.0 Å². The van der Waals surface area contributed by atoms with Crippen molar-refractivity contribution in [3.8, 4) is 0 Å². The minimum absolute atomic E-state index is 0.147. The van der Waals surface area contributed by atoms with Crippen molar-refractivity contribution in [2.45, 2.75) is 57.9 Å². The number of likely N-dealkylation sites (tertiary alicyclic amines) is 1. The number of hydrogen-bond acceptors (Lipinski definition) is 3. The van der Waals surface area contributed by atoms with Gasteiger partial charge in [0.05, 0.1) is 6.04 Å². The maximum absolute atomic E-state index is 12.7. The summed E-state index contributed by atoms with van der Waals surface area (Å²) < 4.78 is 43.4.